The number of nitrogens with one attached hydrogen (secondary N) is 1. The number of fused-ring (bicyclic) bond motifs is 1. The number of rotatable bonds is 5. The molecule has 1 aliphatic heterocycles. The van der Waals surface area contributed by atoms with Gasteiger partial charge < -0.3 is 9.73 Å². The summed E-state index contributed by atoms with van der Waals surface area (Å²) in [6.45, 7) is 7.93. The zero-order valence-corrected chi connectivity index (χ0v) is 18.2. The molecule has 3 amide bonds. The first-order valence-corrected chi connectivity index (χ1v) is 10.5. The van der Waals surface area contributed by atoms with Gasteiger partial charge >= 0.3 is 11.7 Å². The minimum absolute atomic E-state index is 0.00208. The monoisotopic (exact) mass is 418 g/mol. The van der Waals surface area contributed by atoms with Crippen molar-refractivity contribution < 1.29 is 14.0 Å². The number of hydrogen-bond donors (Lipinski definition) is 1. The average molecular weight is 418 g/mol. The van der Waals surface area contributed by atoms with Crippen LogP contribution in [0.2, 0.25) is 0 Å². The van der Waals surface area contributed by atoms with Crippen molar-refractivity contribution in [1.29, 1.82) is 0 Å². The summed E-state index contributed by atoms with van der Waals surface area (Å²) in [5, 5.41) is 3.55. The lowest BCUT2D eigenvalue weighted by Crippen LogP contribution is -2.40. The molecule has 2 aromatic carbocycles. The van der Waals surface area contributed by atoms with Gasteiger partial charge in [-0.1, -0.05) is 57.2 Å². The molecule has 1 N–H and O–H groups in total. The first kappa shape index (κ1) is 20.8. The van der Waals surface area contributed by atoms with Gasteiger partial charge in [0, 0.05) is 11.5 Å². The molecule has 4 rings (SSSR count). The van der Waals surface area contributed by atoms with E-state index >= 15 is 0 Å². The first-order chi connectivity index (χ1) is 14.7. The lowest BCUT2D eigenvalue weighted by atomic mass is 9.90. The Balaban J connectivity index is 1.68. The molecule has 0 saturated carbocycles. The minimum atomic E-state index is -1.16. The molecule has 2 heterocycles. The highest BCUT2D eigenvalue weighted by Crippen LogP contribution is 2.31. The number of carbonyl (C=O) groups is 2. The fraction of sp³-hybridized carbons (Fsp3) is 0.320. The third-order valence-corrected chi connectivity index (χ3v) is 6.06. The molecule has 1 aliphatic rings. The highest BCUT2D eigenvalue weighted by atomic mass is 16.4. The fourth-order valence-corrected chi connectivity index (χ4v) is 4.03. The predicted molar refractivity (Wildman–Crippen MR) is 119 cm³/mol. The quantitative estimate of drug-likeness (QED) is 0.491. The van der Waals surface area contributed by atoms with Gasteiger partial charge in [-0.15, -0.1) is 0 Å². The third-order valence-electron chi connectivity index (χ3n) is 6.06. The van der Waals surface area contributed by atoms with Crippen molar-refractivity contribution >= 4 is 22.9 Å². The number of imide groups is 1. The van der Waals surface area contributed by atoms with Gasteiger partial charge in [0.15, 0.2) is 0 Å². The highest BCUT2D eigenvalue weighted by Gasteiger charge is 2.49. The Hall–Kier alpha value is -3.41. The van der Waals surface area contributed by atoms with E-state index < -0.39 is 17.2 Å². The topological polar surface area (TPSA) is 79.6 Å². The van der Waals surface area contributed by atoms with Gasteiger partial charge in [-0.3, -0.25) is 9.69 Å². The summed E-state index contributed by atoms with van der Waals surface area (Å²) in [7, 11) is 0. The molecule has 0 radical (unpaired) electrons. The standard InChI is InChI=1S/C25H26N2O4/c1-5-16-6-11-20-18(13-22(28)31-21(20)12-16)14-27-23(29)25(4,26-24(27)30)19-9-7-17(8-10-19)15(2)3/h6-13,15H,5,14H2,1-4H3,(H,26,30). The molecular weight excluding hydrogens is 392 g/mol. The number of aryl methyl sites for hydroxylation is 1. The molecule has 1 saturated heterocycles. The highest BCUT2D eigenvalue weighted by molar-refractivity contribution is 6.07. The predicted octanol–water partition coefficient (Wildman–Crippen LogP) is 4.45. The summed E-state index contributed by atoms with van der Waals surface area (Å²) >= 11 is 0. The Labute approximate surface area is 180 Å². The second-order valence-corrected chi connectivity index (χ2v) is 8.50. The van der Waals surface area contributed by atoms with Crippen LogP contribution in [0.15, 0.2) is 57.7 Å². The number of carbonyl (C=O) groups excluding carboxylic acids is 2. The molecular formula is C25H26N2O4. The fourth-order valence-electron chi connectivity index (χ4n) is 4.03. The van der Waals surface area contributed by atoms with Crippen LogP contribution in [0.5, 0.6) is 0 Å². The Morgan fingerprint density at radius 1 is 1.03 bits per heavy atom. The Morgan fingerprint density at radius 2 is 1.74 bits per heavy atom. The number of nitrogens with zero attached hydrogens (tertiary/aromatic N) is 1. The Bertz CT molecular complexity index is 1230. The van der Waals surface area contributed by atoms with Gasteiger partial charge in [0.2, 0.25) is 0 Å². The minimum Gasteiger partial charge on any atom is -0.423 e. The first-order valence-electron chi connectivity index (χ1n) is 10.5. The van der Waals surface area contributed by atoms with E-state index in [0.717, 1.165) is 28.0 Å². The maximum atomic E-state index is 13.3. The van der Waals surface area contributed by atoms with Crippen molar-refractivity contribution in [1.82, 2.24) is 10.2 Å². The lowest BCUT2D eigenvalue weighted by molar-refractivity contribution is -0.131. The van der Waals surface area contributed by atoms with E-state index in [2.05, 4.69) is 19.2 Å². The van der Waals surface area contributed by atoms with Gasteiger partial charge in [-0.2, -0.15) is 0 Å². The van der Waals surface area contributed by atoms with E-state index in [1.54, 1.807) is 6.92 Å². The second-order valence-electron chi connectivity index (χ2n) is 8.50. The molecule has 0 spiro atoms. The molecule has 1 aromatic heterocycles. The van der Waals surface area contributed by atoms with E-state index in [4.69, 9.17) is 4.42 Å². The smallest absolute Gasteiger partial charge is 0.336 e. The second kappa shape index (κ2) is 7.69. The van der Waals surface area contributed by atoms with E-state index in [0.29, 0.717) is 22.5 Å². The largest absolute Gasteiger partial charge is 0.423 e. The van der Waals surface area contributed by atoms with E-state index in [1.807, 2.05) is 49.4 Å². The van der Waals surface area contributed by atoms with Crippen molar-refractivity contribution in [2.24, 2.45) is 0 Å². The van der Waals surface area contributed by atoms with Gasteiger partial charge in [0.05, 0.1) is 6.54 Å². The number of urea groups is 1. The van der Waals surface area contributed by atoms with Crippen LogP contribution in [0, 0.1) is 0 Å². The zero-order chi connectivity index (χ0) is 22.3. The van der Waals surface area contributed by atoms with Crippen LogP contribution < -0.4 is 10.9 Å². The molecule has 3 aromatic rings. The van der Waals surface area contributed by atoms with E-state index in [1.165, 1.54) is 6.07 Å². The van der Waals surface area contributed by atoms with Gasteiger partial charge in [0.25, 0.3) is 5.91 Å². The van der Waals surface area contributed by atoms with Crippen LogP contribution in [0.4, 0.5) is 4.79 Å². The maximum absolute atomic E-state index is 13.3. The van der Waals surface area contributed by atoms with Crippen molar-refractivity contribution in [3.05, 3.63) is 81.2 Å². The van der Waals surface area contributed by atoms with Gasteiger partial charge in [0.1, 0.15) is 11.1 Å². The third kappa shape index (κ3) is 3.63. The van der Waals surface area contributed by atoms with Gasteiger partial charge in [-0.05, 0) is 47.6 Å². The van der Waals surface area contributed by atoms with Crippen molar-refractivity contribution in [2.45, 2.75) is 52.1 Å². The normalized spacial score (nSPS) is 18.8. The average Bonchev–Trinajstić information content (AvgIpc) is 2.97. The molecule has 0 aliphatic carbocycles. The summed E-state index contributed by atoms with van der Waals surface area (Å²) in [6.07, 6.45) is 0.810. The van der Waals surface area contributed by atoms with Crippen LogP contribution >= 0.6 is 0 Å². The van der Waals surface area contributed by atoms with Crippen LogP contribution in [0.3, 0.4) is 0 Å². The van der Waals surface area contributed by atoms with Crippen LogP contribution in [0.1, 0.15) is 55.9 Å². The molecule has 160 valence electrons. The zero-order valence-electron chi connectivity index (χ0n) is 18.2. The Kier molecular flexibility index (Phi) is 5.17. The van der Waals surface area contributed by atoms with E-state index in [-0.39, 0.29) is 12.5 Å². The molecule has 1 fully saturated rings. The summed E-state index contributed by atoms with van der Waals surface area (Å²) < 4.78 is 5.34. The number of amides is 3. The van der Waals surface area contributed by atoms with Crippen LogP contribution in [0.25, 0.3) is 11.0 Å². The van der Waals surface area contributed by atoms with Crippen LogP contribution in [-0.2, 0) is 23.3 Å². The molecule has 1 atom stereocenters. The summed E-state index contributed by atoms with van der Waals surface area (Å²) in [6, 6.07) is 14.3. The maximum Gasteiger partial charge on any atom is 0.336 e. The lowest BCUT2D eigenvalue weighted by Gasteiger charge is -2.23. The van der Waals surface area contributed by atoms with Crippen LogP contribution in [-0.4, -0.2) is 16.8 Å². The molecule has 0 bridgehead atoms. The number of benzene rings is 2. The molecule has 6 nitrogen and oxygen atoms in total. The van der Waals surface area contributed by atoms with E-state index in [9.17, 15) is 14.4 Å². The molecule has 31 heavy (non-hydrogen) atoms. The number of hydrogen-bond acceptors (Lipinski definition) is 4. The van der Waals surface area contributed by atoms with Crippen molar-refractivity contribution in [2.75, 3.05) is 0 Å². The molecule has 6 heteroatoms. The van der Waals surface area contributed by atoms with Crippen molar-refractivity contribution in [3.8, 4) is 0 Å². The summed E-state index contributed by atoms with van der Waals surface area (Å²) in [4.78, 5) is 39.4. The van der Waals surface area contributed by atoms with Crippen molar-refractivity contribution in [3.63, 3.8) is 0 Å². The molecule has 1 unspecified atom stereocenters. The van der Waals surface area contributed by atoms with Gasteiger partial charge in [-0.25, -0.2) is 9.59 Å². The SMILES string of the molecule is CCc1ccc2c(CN3C(=O)NC(C)(c4ccc(C(C)C)cc4)C3=O)cc(=O)oc2c1. The summed E-state index contributed by atoms with van der Waals surface area (Å²) in [5.74, 6) is 0.0277. The Morgan fingerprint density at radius 3 is 2.39 bits per heavy atom. The summed E-state index contributed by atoms with van der Waals surface area (Å²) in [5.41, 5.74) is 2.31.